The molecule has 0 amide bonds. The van der Waals surface area contributed by atoms with Crippen molar-refractivity contribution in [3.8, 4) is 0 Å². The van der Waals surface area contributed by atoms with Crippen LogP contribution in [0.25, 0.3) is 0 Å². The lowest BCUT2D eigenvalue weighted by Gasteiger charge is -2.04. The van der Waals surface area contributed by atoms with Crippen molar-refractivity contribution in [1.82, 2.24) is 10.4 Å². The lowest BCUT2D eigenvalue weighted by atomic mass is 10.0. The van der Waals surface area contributed by atoms with Crippen LogP contribution in [0.4, 0.5) is 0 Å². The van der Waals surface area contributed by atoms with Gasteiger partial charge in [-0.15, -0.1) is 5.10 Å². The third-order valence-electron chi connectivity index (χ3n) is 1.86. The molecule has 0 saturated carbocycles. The van der Waals surface area contributed by atoms with Crippen molar-refractivity contribution in [2.75, 3.05) is 0 Å². The normalized spacial score (nSPS) is 13.4. The number of hydrogen-bond donors (Lipinski definition) is 0. The molecule has 0 spiro atoms. The van der Waals surface area contributed by atoms with Crippen LogP contribution in [0.3, 0.4) is 0 Å². The molecule has 11 heavy (non-hydrogen) atoms. The molecule has 0 fully saturated rings. The quantitative estimate of drug-likeness (QED) is 0.670. The van der Waals surface area contributed by atoms with E-state index in [2.05, 4.69) is 24.2 Å². The van der Waals surface area contributed by atoms with Gasteiger partial charge >= 0.3 is 0 Å². The maximum atomic E-state index is 5.02. The fourth-order valence-corrected chi connectivity index (χ4v) is 1.25. The minimum atomic E-state index is 0.454. The molecule has 1 atom stereocenters. The van der Waals surface area contributed by atoms with E-state index in [-0.39, 0.29) is 0 Å². The summed E-state index contributed by atoms with van der Waals surface area (Å²) in [5, 5.41) is 7.30. The molecule has 0 N–H and O–H groups in total. The average Bonchev–Trinajstić information content (AvgIpc) is 2.36. The zero-order valence-electron chi connectivity index (χ0n) is 7.29. The molecule has 62 valence electrons. The Morgan fingerprint density at radius 1 is 1.55 bits per heavy atom. The van der Waals surface area contributed by atoms with Crippen molar-refractivity contribution in [2.24, 2.45) is 0 Å². The summed E-state index contributed by atoms with van der Waals surface area (Å²) in [5.74, 6) is 1.39. The van der Waals surface area contributed by atoms with Gasteiger partial charge in [0.2, 0.25) is 0 Å². The van der Waals surface area contributed by atoms with Crippen molar-refractivity contribution < 1.29 is 4.52 Å². The van der Waals surface area contributed by atoms with E-state index in [9.17, 15) is 0 Å². The van der Waals surface area contributed by atoms with Crippen molar-refractivity contribution in [1.29, 1.82) is 0 Å². The van der Waals surface area contributed by atoms with E-state index in [0.29, 0.717) is 5.92 Å². The highest BCUT2D eigenvalue weighted by atomic mass is 16.5. The van der Waals surface area contributed by atoms with Gasteiger partial charge in [-0.3, -0.25) is 0 Å². The summed E-state index contributed by atoms with van der Waals surface area (Å²) >= 11 is 0. The van der Waals surface area contributed by atoms with E-state index in [1.807, 2.05) is 6.92 Å². The highest BCUT2D eigenvalue weighted by Crippen LogP contribution is 2.21. The zero-order valence-corrected chi connectivity index (χ0v) is 7.29. The second kappa shape index (κ2) is 3.51. The van der Waals surface area contributed by atoms with Crippen LogP contribution in [-0.2, 0) is 0 Å². The van der Waals surface area contributed by atoms with Gasteiger partial charge in [-0.1, -0.05) is 20.3 Å². The summed E-state index contributed by atoms with van der Waals surface area (Å²) in [7, 11) is 0. The van der Waals surface area contributed by atoms with Crippen LogP contribution in [0.5, 0.6) is 0 Å². The number of aromatic nitrogens is 2. The number of aryl methyl sites for hydroxylation is 1. The van der Waals surface area contributed by atoms with Crippen LogP contribution in [0.15, 0.2) is 4.52 Å². The van der Waals surface area contributed by atoms with E-state index in [1.165, 1.54) is 6.42 Å². The van der Waals surface area contributed by atoms with Crippen LogP contribution in [0.1, 0.15) is 44.1 Å². The number of nitrogens with zero attached hydrogens (tertiary/aromatic N) is 2. The number of rotatable bonds is 3. The van der Waals surface area contributed by atoms with Gasteiger partial charge in [-0.2, -0.15) is 0 Å². The van der Waals surface area contributed by atoms with Gasteiger partial charge in [0.25, 0.3) is 0 Å². The molecule has 1 aromatic rings. The zero-order chi connectivity index (χ0) is 8.27. The summed E-state index contributed by atoms with van der Waals surface area (Å²) in [5.41, 5.74) is 0.922. The van der Waals surface area contributed by atoms with Crippen LogP contribution in [-0.4, -0.2) is 10.4 Å². The lowest BCUT2D eigenvalue weighted by Crippen LogP contribution is -1.92. The standard InChI is InChI=1S/C8H14N2O/c1-4-5-6(2)8-7(3)9-10-11-8/h6H,4-5H2,1-3H3. The predicted octanol–water partition coefficient (Wildman–Crippen LogP) is 2.28. The summed E-state index contributed by atoms with van der Waals surface area (Å²) < 4.78 is 5.02. The fraction of sp³-hybridized carbons (Fsp3) is 0.750. The monoisotopic (exact) mass is 154 g/mol. The van der Waals surface area contributed by atoms with Crippen LogP contribution in [0, 0.1) is 6.92 Å². The molecule has 0 radical (unpaired) electrons. The van der Waals surface area contributed by atoms with E-state index >= 15 is 0 Å². The van der Waals surface area contributed by atoms with Crippen molar-refractivity contribution in [2.45, 2.75) is 39.5 Å². The molecule has 0 aliphatic carbocycles. The first-order chi connectivity index (χ1) is 5.25. The maximum absolute atomic E-state index is 5.02. The Morgan fingerprint density at radius 3 is 2.73 bits per heavy atom. The first-order valence-corrected chi connectivity index (χ1v) is 4.04. The predicted molar refractivity (Wildman–Crippen MR) is 42.4 cm³/mol. The van der Waals surface area contributed by atoms with Crippen LogP contribution >= 0.6 is 0 Å². The van der Waals surface area contributed by atoms with Crippen molar-refractivity contribution in [3.63, 3.8) is 0 Å². The molecule has 1 aromatic heterocycles. The Kier molecular flexibility index (Phi) is 2.63. The van der Waals surface area contributed by atoms with Crippen molar-refractivity contribution in [3.05, 3.63) is 11.5 Å². The van der Waals surface area contributed by atoms with E-state index in [0.717, 1.165) is 17.9 Å². The summed E-state index contributed by atoms with van der Waals surface area (Å²) in [4.78, 5) is 0. The molecule has 1 unspecified atom stereocenters. The molecule has 1 rings (SSSR count). The molecule has 0 aliphatic rings. The molecule has 3 heteroatoms. The molecule has 0 aromatic carbocycles. The van der Waals surface area contributed by atoms with Gasteiger partial charge in [-0.05, 0) is 13.3 Å². The largest absolute Gasteiger partial charge is 0.342 e. The Bertz CT molecular complexity index is 220. The SMILES string of the molecule is CCCC(C)c1onnc1C. The number of hydrogen-bond acceptors (Lipinski definition) is 3. The van der Waals surface area contributed by atoms with Gasteiger partial charge in [0, 0.05) is 11.2 Å². The van der Waals surface area contributed by atoms with Gasteiger partial charge in [-0.25, -0.2) is 0 Å². The third-order valence-corrected chi connectivity index (χ3v) is 1.86. The first-order valence-electron chi connectivity index (χ1n) is 4.04. The molecular formula is C8H14N2O. The third kappa shape index (κ3) is 1.79. The molecule has 0 saturated heterocycles. The van der Waals surface area contributed by atoms with Gasteiger partial charge in [0.05, 0.1) is 0 Å². The Hall–Kier alpha value is -0.860. The fourth-order valence-electron chi connectivity index (χ4n) is 1.25. The summed E-state index contributed by atoms with van der Waals surface area (Å²) in [6.07, 6.45) is 2.30. The van der Waals surface area contributed by atoms with Crippen LogP contribution < -0.4 is 0 Å². The molecule has 0 aliphatic heterocycles. The van der Waals surface area contributed by atoms with E-state index in [1.54, 1.807) is 0 Å². The average molecular weight is 154 g/mol. The van der Waals surface area contributed by atoms with Crippen molar-refractivity contribution >= 4 is 0 Å². The molecule has 0 bridgehead atoms. The lowest BCUT2D eigenvalue weighted by molar-refractivity contribution is 0.342. The first kappa shape index (κ1) is 8.24. The van der Waals surface area contributed by atoms with E-state index < -0.39 is 0 Å². The Morgan fingerprint density at radius 2 is 2.27 bits per heavy atom. The van der Waals surface area contributed by atoms with Gasteiger partial charge < -0.3 is 4.52 Å². The summed E-state index contributed by atoms with van der Waals surface area (Å²) in [6.45, 7) is 6.23. The van der Waals surface area contributed by atoms with Gasteiger partial charge in [0.1, 0.15) is 5.69 Å². The minimum Gasteiger partial charge on any atom is -0.342 e. The van der Waals surface area contributed by atoms with E-state index in [4.69, 9.17) is 4.52 Å². The minimum absolute atomic E-state index is 0.454. The smallest absolute Gasteiger partial charge is 0.162 e. The topological polar surface area (TPSA) is 38.9 Å². The highest BCUT2D eigenvalue weighted by molar-refractivity contribution is 5.07. The molecule has 1 heterocycles. The molecular weight excluding hydrogens is 140 g/mol. The Labute approximate surface area is 66.8 Å². The second-order valence-corrected chi connectivity index (χ2v) is 2.91. The summed E-state index contributed by atoms with van der Waals surface area (Å²) in [6, 6.07) is 0. The second-order valence-electron chi connectivity index (χ2n) is 2.91. The Balaban J connectivity index is 2.67. The van der Waals surface area contributed by atoms with Crippen LogP contribution in [0.2, 0.25) is 0 Å². The maximum Gasteiger partial charge on any atom is 0.162 e. The van der Waals surface area contributed by atoms with Gasteiger partial charge in [0.15, 0.2) is 5.76 Å². The highest BCUT2D eigenvalue weighted by Gasteiger charge is 2.12. The molecule has 3 nitrogen and oxygen atoms in total.